The first kappa shape index (κ1) is 20.4. The maximum atomic E-state index is 5.17. The van der Waals surface area contributed by atoms with Gasteiger partial charge in [-0.15, -0.1) is 0 Å². The number of rotatable bonds is 8. The molecule has 0 saturated carbocycles. The Morgan fingerprint density at radius 2 is 1.38 bits per heavy atom. The fraction of sp³-hybridized carbons (Fsp3) is 0.429. The Balaban J connectivity index is 0.000000505. The van der Waals surface area contributed by atoms with E-state index in [1.807, 2.05) is 6.92 Å². The first-order chi connectivity index (χ1) is 11.6. The first-order valence-corrected chi connectivity index (χ1v) is 8.88. The lowest BCUT2D eigenvalue weighted by Crippen LogP contribution is -2.25. The molecule has 0 spiro atoms. The molecule has 3 heteroatoms. The third-order valence-corrected chi connectivity index (χ3v) is 3.81. The molecule has 5 N–H and O–H groups in total. The van der Waals surface area contributed by atoms with Crippen molar-refractivity contribution in [2.24, 2.45) is 11.5 Å². The molecule has 0 radical (unpaired) electrons. The largest absolute Gasteiger partial charge is 0.329 e. The Bertz CT molecular complexity index is 511. The lowest BCUT2D eigenvalue weighted by atomic mass is 10.1. The third-order valence-electron chi connectivity index (χ3n) is 3.81. The van der Waals surface area contributed by atoms with E-state index >= 15 is 0 Å². The predicted octanol–water partition coefficient (Wildman–Crippen LogP) is 3.48. The number of nitrogens with two attached hydrogens (primary N) is 2. The van der Waals surface area contributed by atoms with E-state index < -0.39 is 0 Å². The van der Waals surface area contributed by atoms with Gasteiger partial charge in [0.2, 0.25) is 0 Å². The molecule has 3 nitrogen and oxygen atoms in total. The van der Waals surface area contributed by atoms with Gasteiger partial charge in [0, 0.05) is 25.2 Å². The van der Waals surface area contributed by atoms with Gasteiger partial charge < -0.3 is 16.8 Å². The SMILES string of the molecule is CC(CCCc1ccccc1)NCc1ccccc1.CC(N)CN. The summed E-state index contributed by atoms with van der Waals surface area (Å²) in [6, 6.07) is 22.1. The van der Waals surface area contributed by atoms with Crippen LogP contribution >= 0.6 is 0 Å². The van der Waals surface area contributed by atoms with Crippen molar-refractivity contribution in [1.82, 2.24) is 5.32 Å². The van der Waals surface area contributed by atoms with Gasteiger partial charge in [-0.1, -0.05) is 60.7 Å². The fourth-order valence-corrected chi connectivity index (χ4v) is 2.25. The Kier molecular flexibility index (Phi) is 10.8. The molecule has 132 valence electrons. The van der Waals surface area contributed by atoms with Crippen LogP contribution in [0.4, 0.5) is 0 Å². The van der Waals surface area contributed by atoms with Crippen LogP contribution in [0, 0.1) is 0 Å². The summed E-state index contributed by atoms with van der Waals surface area (Å²) < 4.78 is 0. The lowest BCUT2D eigenvalue weighted by Gasteiger charge is -2.13. The van der Waals surface area contributed by atoms with Crippen molar-refractivity contribution in [3.05, 3.63) is 71.8 Å². The second-order valence-electron chi connectivity index (χ2n) is 6.36. The molecule has 0 amide bonds. The van der Waals surface area contributed by atoms with Crippen LogP contribution in [0.5, 0.6) is 0 Å². The Hall–Kier alpha value is -1.68. The Morgan fingerprint density at radius 3 is 1.88 bits per heavy atom. The van der Waals surface area contributed by atoms with Gasteiger partial charge in [0.1, 0.15) is 0 Å². The predicted molar refractivity (Wildman–Crippen MR) is 105 cm³/mol. The van der Waals surface area contributed by atoms with E-state index in [1.165, 1.54) is 30.4 Å². The van der Waals surface area contributed by atoms with Gasteiger partial charge in [-0.05, 0) is 44.2 Å². The number of hydrogen-bond acceptors (Lipinski definition) is 3. The number of nitrogens with one attached hydrogen (secondary N) is 1. The number of hydrogen-bond donors (Lipinski definition) is 3. The molecule has 24 heavy (non-hydrogen) atoms. The van der Waals surface area contributed by atoms with Gasteiger partial charge >= 0.3 is 0 Å². The Labute approximate surface area is 147 Å². The summed E-state index contributed by atoms with van der Waals surface area (Å²) in [5.74, 6) is 0. The fourth-order valence-electron chi connectivity index (χ4n) is 2.25. The minimum absolute atomic E-state index is 0.162. The Morgan fingerprint density at radius 1 is 0.875 bits per heavy atom. The number of aryl methyl sites for hydroxylation is 1. The van der Waals surface area contributed by atoms with E-state index in [4.69, 9.17) is 11.5 Å². The van der Waals surface area contributed by atoms with Crippen LogP contribution in [0.25, 0.3) is 0 Å². The lowest BCUT2D eigenvalue weighted by molar-refractivity contribution is 0.498. The molecule has 0 aromatic heterocycles. The highest BCUT2D eigenvalue weighted by Crippen LogP contribution is 2.07. The molecule has 0 aliphatic rings. The second-order valence-corrected chi connectivity index (χ2v) is 6.36. The molecule has 2 rings (SSSR count). The van der Waals surface area contributed by atoms with Crippen molar-refractivity contribution in [3.63, 3.8) is 0 Å². The highest BCUT2D eigenvalue weighted by atomic mass is 14.9. The van der Waals surface area contributed by atoms with E-state index in [0.29, 0.717) is 12.6 Å². The molecule has 0 aliphatic carbocycles. The molecule has 2 aromatic carbocycles. The summed E-state index contributed by atoms with van der Waals surface area (Å²) >= 11 is 0. The van der Waals surface area contributed by atoms with E-state index in [0.717, 1.165) is 6.54 Å². The summed E-state index contributed by atoms with van der Waals surface area (Å²) in [5, 5.41) is 3.59. The van der Waals surface area contributed by atoms with E-state index in [-0.39, 0.29) is 6.04 Å². The molecule has 0 bridgehead atoms. The van der Waals surface area contributed by atoms with Crippen molar-refractivity contribution in [2.45, 2.75) is 51.7 Å². The number of benzene rings is 2. The van der Waals surface area contributed by atoms with Crippen LogP contribution in [-0.4, -0.2) is 18.6 Å². The maximum Gasteiger partial charge on any atom is 0.0207 e. The summed E-state index contributed by atoms with van der Waals surface area (Å²) in [7, 11) is 0. The maximum absolute atomic E-state index is 5.17. The molecular formula is C21H33N3. The van der Waals surface area contributed by atoms with Crippen LogP contribution in [0.15, 0.2) is 60.7 Å². The summed E-state index contributed by atoms with van der Waals surface area (Å²) in [6.07, 6.45) is 3.65. The van der Waals surface area contributed by atoms with Gasteiger partial charge in [-0.3, -0.25) is 0 Å². The first-order valence-electron chi connectivity index (χ1n) is 8.88. The zero-order valence-corrected chi connectivity index (χ0v) is 15.1. The van der Waals surface area contributed by atoms with Crippen LogP contribution in [0.2, 0.25) is 0 Å². The standard InChI is InChI=1S/C18H23N.C3H10N2/c1-16(19-15-18-12-6-3-7-13-18)9-8-14-17-10-4-2-5-11-17;1-3(5)2-4/h2-7,10-13,16,19H,8-9,14-15H2,1H3;3H,2,4-5H2,1H3. The monoisotopic (exact) mass is 327 g/mol. The van der Waals surface area contributed by atoms with E-state index in [9.17, 15) is 0 Å². The summed E-state index contributed by atoms with van der Waals surface area (Å²) in [6.45, 7) is 5.70. The van der Waals surface area contributed by atoms with Gasteiger partial charge in [0.25, 0.3) is 0 Å². The van der Waals surface area contributed by atoms with Crippen molar-refractivity contribution in [2.75, 3.05) is 6.54 Å². The third kappa shape index (κ3) is 10.2. The molecule has 0 saturated heterocycles. The van der Waals surface area contributed by atoms with Gasteiger partial charge in [0.05, 0.1) is 0 Å². The van der Waals surface area contributed by atoms with Crippen LogP contribution in [-0.2, 0) is 13.0 Å². The van der Waals surface area contributed by atoms with Gasteiger partial charge in [0.15, 0.2) is 0 Å². The molecule has 2 atom stereocenters. The second kappa shape index (κ2) is 12.7. The molecule has 0 fully saturated rings. The average molecular weight is 328 g/mol. The molecule has 2 aromatic rings. The molecular weight excluding hydrogens is 294 g/mol. The van der Waals surface area contributed by atoms with Gasteiger partial charge in [-0.2, -0.15) is 0 Å². The van der Waals surface area contributed by atoms with Gasteiger partial charge in [-0.25, -0.2) is 0 Å². The van der Waals surface area contributed by atoms with Crippen LogP contribution < -0.4 is 16.8 Å². The van der Waals surface area contributed by atoms with E-state index in [1.54, 1.807) is 0 Å². The average Bonchev–Trinajstić information content (AvgIpc) is 2.62. The van der Waals surface area contributed by atoms with E-state index in [2.05, 4.69) is 72.9 Å². The minimum atomic E-state index is 0.162. The zero-order chi connectivity index (χ0) is 17.6. The van der Waals surface area contributed by atoms with Crippen LogP contribution in [0.3, 0.4) is 0 Å². The summed E-state index contributed by atoms with van der Waals surface area (Å²) in [5.41, 5.74) is 13.0. The topological polar surface area (TPSA) is 64.1 Å². The van der Waals surface area contributed by atoms with Crippen LogP contribution in [0.1, 0.15) is 37.8 Å². The quantitative estimate of drug-likeness (QED) is 0.695. The molecule has 0 heterocycles. The minimum Gasteiger partial charge on any atom is -0.329 e. The van der Waals surface area contributed by atoms with Crippen molar-refractivity contribution < 1.29 is 0 Å². The molecule has 0 aliphatic heterocycles. The summed E-state index contributed by atoms with van der Waals surface area (Å²) in [4.78, 5) is 0. The highest BCUT2D eigenvalue weighted by Gasteiger charge is 2.01. The normalized spacial score (nSPS) is 12.8. The smallest absolute Gasteiger partial charge is 0.0207 e. The molecule has 2 unspecified atom stereocenters. The van der Waals surface area contributed by atoms with Crippen molar-refractivity contribution >= 4 is 0 Å². The highest BCUT2D eigenvalue weighted by molar-refractivity contribution is 5.15. The van der Waals surface area contributed by atoms with Crippen molar-refractivity contribution in [3.8, 4) is 0 Å². The van der Waals surface area contributed by atoms with Crippen molar-refractivity contribution in [1.29, 1.82) is 0 Å². The zero-order valence-electron chi connectivity index (χ0n) is 15.1.